The third-order valence-corrected chi connectivity index (χ3v) is 5.70. The number of aromatic nitrogens is 1. The predicted octanol–water partition coefficient (Wildman–Crippen LogP) is 7.68. The van der Waals surface area contributed by atoms with Crippen LogP contribution in [0.3, 0.4) is 0 Å². The highest BCUT2D eigenvalue weighted by molar-refractivity contribution is 6.33. The van der Waals surface area contributed by atoms with E-state index in [1.54, 1.807) is 24.3 Å². The fraction of sp³-hybridized carbons (Fsp3) is 0.0714. The average molecular weight is 469 g/mol. The highest BCUT2D eigenvalue weighted by atomic mass is 35.5. The number of fused-ring (bicyclic) bond motifs is 1. The van der Waals surface area contributed by atoms with Gasteiger partial charge in [0.25, 0.3) is 0 Å². The lowest BCUT2D eigenvalue weighted by molar-refractivity contribution is -0.111. The summed E-state index contributed by atoms with van der Waals surface area (Å²) in [6.45, 7) is 4.00. The summed E-state index contributed by atoms with van der Waals surface area (Å²) in [7, 11) is 0. The molecule has 0 saturated heterocycles. The van der Waals surface area contributed by atoms with E-state index < -0.39 is 0 Å². The van der Waals surface area contributed by atoms with Crippen LogP contribution >= 0.6 is 11.6 Å². The van der Waals surface area contributed by atoms with Crippen molar-refractivity contribution in [2.24, 2.45) is 0 Å². The van der Waals surface area contributed by atoms with Crippen molar-refractivity contribution in [2.45, 2.75) is 13.8 Å². The normalized spacial score (nSPS) is 11.4. The van der Waals surface area contributed by atoms with Crippen molar-refractivity contribution >= 4 is 40.4 Å². The molecular formula is C28H21ClN2O3. The summed E-state index contributed by atoms with van der Waals surface area (Å²) in [5, 5.41) is 3.33. The molecule has 168 valence electrons. The molecule has 0 atom stereocenters. The Bertz CT molecular complexity index is 1530. The number of anilines is 1. The van der Waals surface area contributed by atoms with Crippen molar-refractivity contribution in [3.05, 3.63) is 101 Å². The number of carbonyl (C=O) groups excluding carboxylic acids is 1. The van der Waals surface area contributed by atoms with Gasteiger partial charge in [0, 0.05) is 17.3 Å². The average Bonchev–Trinajstić information content (AvgIpc) is 3.47. The van der Waals surface area contributed by atoms with Crippen LogP contribution in [0.2, 0.25) is 5.02 Å². The third kappa shape index (κ3) is 4.51. The molecule has 1 amide bonds. The first kappa shape index (κ1) is 21.7. The van der Waals surface area contributed by atoms with E-state index in [0.29, 0.717) is 27.9 Å². The summed E-state index contributed by atoms with van der Waals surface area (Å²) in [6.07, 6.45) is 3.05. The van der Waals surface area contributed by atoms with E-state index in [1.165, 1.54) is 6.08 Å². The number of aryl methyl sites for hydroxylation is 2. The maximum Gasteiger partial charge on any atom is 0.248 e. The van der Waals surface area contributed by atoms with Crippen LogP contribution in [0.4, 0.5) is 5.69 Å². The monoisotopic (exact) mass is 468 g/mol. The van der Waals surface area contributed by atoms with Crippen molar-refractivity contribution in [2.75, 3.05) is 5.32 Å². The van der Waals surface area contributed by atoms with Gasteiger partial charge in [-0.15, -0.1) is 0 Å². The molecule has 5 aromatic rings. The minimum Gasteiger partial charge on any atom is -0.457 e. The quantitative estimate of drug-likeness (QED) is 0.268. The van der Waals surface area contributed by atoms with Gasteiger partial charge in [-0.25, -0.2) is 4.98 Å². The van der Waals surface area contributed by atoms with Gasteiger partial charge in [0.05, 0.1) is 10.6 Å². The number of oxazole rings is 1. The summed E-state index contributed by atoms with van der Waals surface area (Å²) in [5.74, 6) is 1.44. The van der Waals surface area contributed by atoms with Crippen LogP contribution in [0.15, 0.2) is 87.7 Å². The second-order valence-electron chi connectivity index (χ2n) is 8.03. The van der Waals surface area contributed by atoms with Crippen LogP contribution in [-0.4, -0.2) is 10.9 Å². The molecule has 0 saturated carbocycles. The van der Waals surface area contributed by atoms with E-state index in [0.717, 1.165) is 33.6 Å². The molecule has 1 N–H and O–H groups in total. The topological polar surface area (TPSA) is 68.3 Å². The van der Waals surface area contributed by atoms with Crippen molar-refractivity contribution in [1.82, 2.24) is 4.98 Å². The van der Waals surface area contributed by atoms with Gasteiger partial charge in [-0.05, 0) is 67.4 Å². The second kappa shape index (κ2) is 9.04. The number of carbonyl (C=O) groups is 1. The van der Waals surface area contributed by atoms with E-state index in [1.807, 2.05) is 68.4 Å². The Balaban J connectivity index is 1.34. The van der Waals surface area contributed by atoms with Crippen LogP contribution in [0.5, 0.6) is 0 Å². The number of amides is 1. The summed E-state index contributed by atoms with van der Waals surface area (Å²) in [6, 6.07) is 22.7. The molecule has 0 spiro atoms. The van der Waals surface area contributed by atoms with E-state index >= 15 is 0 Å². The molecule has 6 heteroatoms. The summed E-state index contributed by atoms with van der Waals surface area (Å²) in [4.78, 5) is 17.1. The number of furan rings is 1. The standard InChI is InChI=1S/C28H21ClN2O3/c1-17-14-18(2)27-24(15-17)31-28(34-27)22-16-20(8-11-23(22)29)30-26(32)13-10-21-9-12-25(33-21)19-6-4-3-5-7-19/h3-16H,1-2H3,(H,30,32)/b13-10+. The molecule has 5 rings (SSSR count). The lowest BCUT2D eigenvalue weighted by atomic mass is 10.1. The largest absolute Gasteiger partial charge is 0.457 e. The van der Waals surface area contributed by atoms with Crippen LogP contribution in [0.25, 0.3) is 40.0 Å². The van der Waals surface area contributed by atoms with Gasteiger partial charge < -0.3 is 14.2 Å². The van der Waals surface area contributed by atoms with E-state index in [-0.39, 0.29) is 5.91 Å². The predicted molar refractivity (Wildman–Crippen MR) is 136 cm³/mol. The van der Waals surface area contributed by atoms with E-state index in [2.05, 4.69) is 10.3 Å². The highest BCUT2D eigenvalue weighted by Gasteiger charge is 2.15. The number of nitrogens with one attached hydrogen (secondary N) is 1. The van der Waals surface area contributed by atoms with Gasteiger partial charge in [-0.2, -0.15) is 0 Å². The minimum atomic E-state index is -0.296. The van der Waals surface area contributed by atoms with Crippen molar-refractivity contribution in [1.29, 1.82) is 0 Å². The first-order chi connectivity index (χ1) is 16.5. The molecule has 34 heavy (non-hydrogen) atoms. The number of hydrogen-bond donors (Lipinski definition) is 1. The van der Waals surface area contributed by atoms with Crippen molar-refractivity contribution < 1.29 is 13.6 Å². The maximum absolute atomic E-state index is 12.5. The third-order valence-electron chi connectivity index (χ3n) is 5.37. The maximum atomic E-state index is 12.5. The van der Waals surface area contributed by atoms with E-state index in [4.69, 9.17) is 20.4 Å². The zero-order valence-electron chi connectivity index (χ0n) is 18.6. The fourth-order valence-electron chi connectivity index (χ4n) is 3.80. The molecule has 5 nitrogen and oxygen atoms in total. The second-order valence-corrected chi connectivity index (χ2v) is 8.44. The molecule has 0 aliphatic rings. The molecule has 0 aliphatic carbocycles. The molecule has 2 heterocycles. The van der Waals surface area contributed by atoms with Crippen LogP contribution in [0, 0.1) is 13.8 Å². The Kier molecular flexibility index (Phi) is 5.78. The Labute approximate surface area is 201 Å². The van der Waals surface area contributed by atoms with Gasteiger partial charge in [0.2, 0.25) is 11.8 Å². The Hall–Kier alpha value is -4.09. The lowest BCUT2D eigenvalue weighted by Crippen LogP contribution is -2.07. The van der Waals surface area contributed by atoms with Crippen LogP contribution < -0.4 is 5.32 Å². The number of rotatable bonds is 5. The van der Waals surface area contributed by atoms with Crippen LogP contribution in [0.1, 0.15) is 16.9 Å². The van der Waals surface area contributed by atoms with Crippen molar-refractivity contribution in [3.63, 3.8) is 0 Å². The fourth-order valence-corrected chi connectivity index (χ4v) is 4.00. The number of nitrogens with zero attached hydrogens (tertiary/aromatic N) is 1. The summed E-state index contributed by atoms with van der Waals surface area (Å²) >= 11 is 6.42. The molecular weight excluding hydrogens is 448 g/mol. The summed E-state index contributed by atoms with van der Waals surface area (Å²) in [5.41, 5.74) is 5.77. The number of benzene rings is 3. The molecule has 2 aromatic heterocycles. The number of hydrogen-bond acceptors (Lipinski definition) is 4. The van der Waals surface area contributed by atoms with Gasteiger partial charge in [0.15, 0.2) is 5.58 Å². The molecule has 0 radical (unpaired) electrons. The van der Waals surface area contributed by atoms with E-state index in [9.17, 15) is 4.79 Å². The SMILES string of the molecule is Cc1cc(C)c2oc(-c3cc(NC(=O)/C=C/c4ccc(-c5ccccc5)o4)ccc3Cl)nc2c1. The molecule has 0 fully saturated rings. The molecule has 0 bridgehead atoms. The lowest BCUT2D eigenvalue weighted by Gasteiger charge is -2.05. The summed E-state index contributed by atoms with van der Waals surface area (Å²) < 4.78 is 11.8. The van der Waals surface area contributed by atoms with Crippen molar-refractivity contribution in [3.8, 4) is 22.8 Å². The first-order valence-corrected chi connectivity index (χ1v) is 11.2. The first-order valence-electron chi connectivity index (χ1n) is 10.8. The van der Waals surface area contributed by atoms with Gasteiger partial charge in [0.1, 0.15) is 17.0 Å². The Morgan fingerprint density at radius 3 is 2.62 bits per heavy atom. The Morgan fingerprint density at radius 1 is 0.971 bits per heavy atom. The smallest absolute Gasteiger partial charge is 0.248 e. The van der Waals surface area contributed by atoms with Crippen LogP contribution in [-0.2, 0) is 4.79 Å². The van der Waals surface area contributed by atoms with Gasteiger partial charge in [-0.1, -0.05) is 48.0 Å². The number of halogens is 1. The zero-order chi connectivity index (χ0) is 23.7. The zero-order valence-corrected chi connectivity index (χ0v) is 19.4. The Morgan fingerprint density at radius 2 is 1.79 bits per heavy atom. The molecule has 0 unspecified atom stereocenters. The minimum absolute atomic E-state index is 0.296. The highest BCUT2D eigenvalue weighted by Crippen LogP contribution is 2.33. The van der Waals surface area contributed by atoms with Gasteiger partial charge in [-0.3, -0.25) is 4.79 Å². The molecule has 3 aromatic carbocycles. The van der Waals surface area contributed by atoms with Gasteiger partial charge >= 0.3 is 0 Å². The molecule has 0 aliphatic heterocycles.